The van der Waals surface area contributed by atoms with Gasteiger partial charge in [-0.25, -0.2) is 0 Å². The van der Waals surface area contributed by atoms with Crippen molar-refractivity contribution >= 4 is 23.4 Å². The van der Waals surface area contributed by atoms with Crippen LogP contribution in [-0.2, 0) is 15.0 Å². The van der Waals surface area contributed by atoms with Crippen molar-refractivity contribution in [3.8, 4) is 11.5 Å². The molecular weight excluding hydrogens is 404 g/mol. The van der Waals surface area contributed by atoms with E-state index < -0.39 is 0 Å². The predicted molar refractivity (Wildman–Crippen MR) is 118 cm³/mol. The van der Waals surface area contributed by atoms with Crippen LogP contribution >= 0.6 is 11.6 Å². The largest absolute Gasteiger partial charge is 0.484 e. The van der Waals surface area contributed by atoms with Crippen molar-refractivity contribution in [2.24, 2.45) is 0 Å². The maximum Gasteiger partial charge on any atom is 0.258 e. The average molecular weight is 433 g/mol. The lowest BCUT2D eigenvalue weighted by atomic mass is 9.85. The van der Waals surface area contributed by atoms with E-state index in [9.17, 15) is 9.59 Å². The maximum atomic E-state index is 12.0. The molecule has 2 N–H and O–H groups in total. The van der Waals surface area contributed by atoms with E-state index in [1.165, 1.54) is 0 Å². The Morgan fingerprint density at radius 1 is 0.900 bits per heavy atom. The number of hydrogen-bond acceptors (Lipinski definition) is 4. The molecule has 0 saturated heterocycles. The molecule has 0 spiro atoms. The summed E-state index contributed by atoms with van der Waals surface area (Å²) in [5, 5.41) is 6.01. The smallest absolute Gasteiger partial charge is 0.258 e. The number of benzene rings is 2. The topological polar surface area (TPSA) is 76.7 Å². The van der Waals surface area contributed by atoms with Crippen LogP contribution in [0.25, 0.3) is 0 Å². The first-order valence-electron chi connectivity index (χ1n) is 9.81. The van der Waals surface area contributed by atoms with E-state index in [0.29, 0.717) is 29.6 Å². The lowest BCUT2D eigenvalue weighted by Gasteiger charge is -2.23. The quantitative estimate of drug-likeness (QED) is 0.593. The van der Waals surface area contributed by atoms with Crippen LogP contribution in [0.1, 0.15) is 31.9 Å². The van der Waals surface area contributed by atoms with Gasteiger partial charge < -0.3 is 20.1 Å². The van der Waals surface area contributed by atoms with Crippen LogP contribution in [0.15, 0.2) is 42.5 Å². The third-order valence-electron chi connectivity index (χ3n) is 4.25. The Morgan fingerprint density at radius 3 is 2.03 bits per heavy atom. The molecule has 0 saturated carbocycles. The average Bonchev–Trinajstić information content (AvgIpc) is 2.69. The first-order chi connectivity index (χ1) is 14.1. The van der Waals surface area contributed by atoms with Gasteiger partial charge in [0.1, 0.15) is 11.5 Å². The molecule has 0 bridgehead atoms. The molecule has 2 aromatic carbocycles. The molecule has 0 heterocycles. The number of amides is 2. The molecule has 0 aliphatic rings. The molecule has 7 heteroatoms. The molecule has 0 unspecified atom stereocenters. The molecule has 0 aromatic heterocycles. The fraction of sp³-hybridized carbons (Fsp3) is 0.391. The van der Waals surface area contributed by atoms with Crippen LogP contribution in [0, 0.1) is 6.92 Å². The molecule has 2 rings (SSSR count). The normalized spacial score (nSPS) is 11.0. The van der Waals surface area contributed by atoms with Crippen molar-refractivity contribution in [3.63, 3.8) is 0 Å². The Morgan fingerprint density at radius 2 is 1.47 bits per heavy atom. The monoisotopic (exact) mass is 432 g/mol. The number of rotatable bonds is 9. The number of ether oxygens (including phenoxy) is 2. The third-order valence-corrected chi connectivity index (χ3v) is 4.51. The summed E-state index contributed by atoms with van der Waals surface area (Å²) < 4.78 is 11.1. The van der Waals surface area contributed by atoms with Crippen LogP contribution in [0.2, 0.25) is 5.02 Å². The Balaban J connectivity index is 1.67. The summed E-state index contributed by atoms with van der Waals surface area (Å²) >= 11 is 5.80. The van der Waals surface area contributed by atoms with Crippen molar-refractivity contribution in [2.45, 2.75) is 33.1 Å². The van der Waals surface area contributed by atoms with Crippen LogP contribution in [0.4, 0.5) is 0 Å². The van der Waals surface area contributed by atoms with Gasteiger partial charge in [0.15, 0.2) is 13.2 Å². The number of carbonyl (C=O) groups is 2. The highest BCUT2D eigenvalue weighted by Gasteiger charge is 2.19. The molecule has 30 heavy (non-hydrogen) atoms. The molecule has 0 aliphatic carbocycles. The minimum atomic E-state index is -0.273. The Hall–Kier alpha value is -2.73. The van der Waals surface area contributed by atoms with Crippen LogP contribution in [0.5, 0.6) is 11.5 Å². The fourth-order valence-corrected chi connectivity index (χ4v) is 2.81. The summed E-state index contributed by atoms with van der Waals surface area (Å²) in [5.41, 5.74) is 2.12. The molecule has 2 aromatic rings. The maximum absolute atomic E-state index is 12.0. The van der Waals surface area contributed by atoms with Crippen molar-refractivity contribution in [1.29, 1.82) is 0 Å². The Bertz CT molecular complexity index is 860. The summed E-state index contributed by atoms with van der Waals surface area (Å²) in [6.07, 6.45) is 0. The molecule has 0 radical (unpaired) electrons. The van der Waals surface area contributed by atoms with Gasteiger partial charge in [-0.15, -0.1) is 0 Å². The number of hydrogen-bond donors (Lipinski definition) is 2. The Kier molecular flexibility index (Phi) is 8.54. The van der Waals surface area contributed by atoms with E-state index in [0.717, 1.165) is 11.1 Å². The van der Waals surface area contributed by atoms with E-state index in [2.05, 4.69) is 37.5 Å². The number of nitrogens with one attached hydrogen (secondary N) is 2. The van der Waals surface area contributed by atoms with E-state index in [4.69, 9.17) is 21.1 Å². The van der Waals surface area contributed by atoms with Crippen LogP contribution in [-0.4, -0.2) is 38.1 Å². The molecule has 2 amide bonds. The van der Waals surface area contributed by atoms with E-state index in [1.807, 2.05) is 19.1 Å². The number of aryl methyl sites for hydroxylation is 1. The molecular formula is C23H29ClN2O4. The summed E-state index contributed by atoms with van der Waals surface area (Å²) in [5.74, 6) is 0.744. The summed E-state index contributed by atoms with van der Waals surface area (Å²) in [6.45, 7) is 8.75. The molecule has 6 nitrogen and oxygen atoms in total. The molecule has 0 fully saturated rings. The Labute approximate surface area is 182 Å². The minimum absolute atomic E-state index is 0.0836. The zero-order valence-electron chi connectivity index (χ0n) is 17.9. The molecule has 162 valence electrons. The predicted octanol–water partition coefficient (Wildman–Crippen LogP) is 3.64. The van der Waals surface area contributed by atoms with Gasteiger partial charge >= 0.3 is 0 Å². The SMILES string of the molecule is Cc1ccc(OCC(=O)NCCNC(=O)COc2ccc(Cl)cc2)c(C(C)(C)C)c1. The number of carbonyl (C=O) groups excluding carboxylic acids is 2. The standard InChI is InChI=1S/C23H29ClN2O4/c1-16-5-10-20(19(13-16)23(2,3)4)30-15-22(28)26-12-11-25-21(27)14-29-18-8-6-17(24)7-9-18/h5-10,13H,11-12,14-15H2,1-4H3,(H,25,27)(H,26,28). The molecule has 0 atom stereocenters. The first kappa shape index (κ1) is 23.5. The fourth-order valence-electron chi connectivity index (χ4n) is 2.68. The number of halogens is 1. The van der Waals surface area contributed by atoms with Gasteiger partial charge in [0.2, 0.25) is 0 Å². The summed E-state index contributed by atoms with van der Waals surface area (Å²) in [4.78, 5) is 23.8. The highest BCUT2D eigenvalue weighted by molar-refractivity contribution is 6.30. The second-order valence-electron chi connectivity index (χ2n) is 7.98. The van der Waals surface area contributed by atoms with Crippen molar-refractivity contribution in [1.82, 2.24) is 10.6 Å². The van der Waals surface area contributed by atoms with Gasteiger partial charge in [-0.05, 0) is 48.2 Å². The van der Waals surface area contributed by atoms with Crippen LogP contribution < -0.4 is 20.1 Å². The third kappa shape index (κ3) is 7.95. The van der Waals surface area contributed by atoms with Gasteiger partial charge in [0.25, 0.3) is 11.8 Å². The van der Waals surface area contributed by atoms with Crippen LogP contribution in [0.3, 0.4) is 0 Å². The molecule has 0 aliphatic heterocycles. The second-order valence-corrected chi connectivity index (χ2v) is 8.42. The van der Waals surface area contributed by atoms with E-state index in [1.54, 1.807) is 24.3 Å². The van der Waals surface area contributed by atoms with Crippen molar-refractivity contribution < 1.29 is 19.1 Å². The summed E-state index contributed by atoms with van der Waals surface area (Å²) in [6, 6.07) is 12.7. The lowest BCUT2D eigenvalue weighted by Crippen LogP contribution is -2.38. The van der Waals surface area contributed by atoms with Gasteiger partial charge in [-0.3, -0.25) is 9.59 Å². The van der Waals surface area contributed by atoms with E-state index >= 15 is 0 Å². The first-order valence-corrected chi connectivity index (χ1v) is 10.2. The zero-order valence-corrected chi connectivity index (χ0v) is 18.6. The van der Waals surface area contributed by atoms with Gasteiger partial charge in [-0.1, -0.05) is 50.1 Å². The zero-order chi connectivity index (χ0) is 22.1. The second kappa shape index (κ2) is 10.9. The van der Waals surface area contributed by atoms with Gasteiger partial charge in [-0.2, -0.15) is 0 Å². The highest BCUT2D eigenvalue weighted by Crippen LogP contribution is 2.32. The van der Waals surface area contributed by atoms with Crippen molar-refractivity contribution in [3.05, 3.63) is 58.6 Å². The lowest BCUT2D eigenvalue weighted by molar-refractivity contribution is -0.124. The van der Waals surface area contributed by atoms with Crippen molar-refractivity contribution in [2.75, 3.05) is 26.3 Å². The highest BCUT2D eigenvalue weighted by atomic mass is 35.5. The van der Waals surface area contributed by atoms with E-state index in [-0.39, 0.29) is 30.4 Å². The summed E-state index contributed by atoms with van der Waals surface area (Å²) in [7, 11) is 0. The van der Waals surface area contributed by atoms with Gasteiger partial charge in [0.05, 0.1) is 0 Å². The minimum Gasteiger partial charge on any atom is -0.484 e. The van der Waals surface area contributed by atoms with Gasteiger partial charge in [0, 0.05) is 18.1 Å².